The maximum absolute atomic E-state index is 12.7. The summed E-state index contributed by atoms with van der Waals surface area (Å²) in [6, 6.07) is 14.4. The first-order valence-electron chi connectivity index (χ1n) is 8.48. The molecule has 0 unspecified atom stereocenters. The van der Waals surface area contributed by atoms with Crippen molar-refractivity contribution in [3.63, 3.8) is 0 Å². The van der Waals surface area contributed by atoms with Crippen LogP contribution in [0.25, 0.3) is 5.69 Å². The SMILES string of the molecule is Cc1ccccc1[C@H](CC(=O)O)NC(=O)c1cc(O)n(-c2cccc(Cl)c2)n1. The fraction of sp³-hybridized carbons (Fsp3) is 0.150. The molecule has 0 spiro atoms. The van der Waals surface area contributed by atoms with Gasteiger partial charge in [0, 0.05) is 11.1 Å². The Balaban J connectivity index is 1.87. The molecule has 0 bridgehead atoms. The van der Waals surface area contributed by atoms with Crippen LogP contribution in [-0.2, 0) is 4.79 Å². The highest BCUT2D eigenvalue weighted by Gasteiger charge is 2.23. The molecule has 0 saturated heterocycles. The van der Waals surface area contributed by atoms with E-state index in [0.717, 1.165) is 5.56 Å². The smallest absolute Gasteiger partial charge is 0.305 e. The third-order valence-corrected chi connectivity index (χ3v) is 4.46. The Kier molecular flexibility index (Phi) is 5.65. The van der Waals surface area contributed by atoms with Crippen molar-refractivity contribution in [1.29, 1.82) is 0 Å². The first-order chi connectivity index (χ1) is 13.3. The van der Waals surface area contributed by atoms with Crippen LogP contribution < -0.4 is 5.32 Å². The minimum absolute atomic E-state index is 0.0403. The number of nitrogens with zero attached hydrogens (tertiary/aromatic N) is 2. The monoisotopic (exact) mass is 399 g/mol. The molecule has 0 radical (unpaired) electrons. The summed E-state index contributed by atoms with van der Waals surface area (Å²) >= 11 is 5.96. The number of rotatable bonds is 6. The average molecular weight is 400 g/mol. The Labute approximate surface area is 166 Å². The maximum Gasteiger partial charge on any atom is 0.305 e. The van der Waals surface area contributed by atoms with E-state index in [1.54, 1.807) is 36.4 Å². The molecule has 1 amide bonds. The van der Waals surface area contributed by atoms with Gasteiger partial charge in [-0.1, -0.05) is 41.9 Å². The van der Waals surface area contributed by atoms with Gasteiger partial charge in [-0.2, -0.15) is 5.10 Å². The van der Waals surface area contributed by atoms with Crippen LogP contribution in [0.2, 0.25) is 5.02 Å². The Bertz CT molecular complexity index is 1030. The lowest BCUT2D eigenvalue weighted by Crippen LogP contribution is -2.31. The second-order valence-electron chi connectivity index (χ2n) is 6.26. The number of amides is 1. The van der Waals surface area contributed by atoms with Crippen molar-refractivity contribution >= 4 is 23.5 Å². The lowest BCUT2D eigenvalue weighted by molar-refractivity contribution is -0.137. The minimum atomic E-state index is -1.04. The largest absolute Gasteiger partial charge is 0.493 e. The highest BCUT2D eigenvalue weighted by molar-refractivity contribution is 6.30. The van der Waals surface area contributed by atoms with E-state index in [-0.39, 0.29) is 18.0 Å². The van der Waals surface area contributed by atoms with Crippen LogP contribution in [0.1, 0.15) is 34.1 Å². The molecule has 8 heteroatoms. The van der Waals surface area contributed by atoms with E-state index >= 15 is 0 Å². The fourth-order valence-corrected chi connectivity index (χ4v) is 3.09. The van der Waals surface area contributed by atoms with Gasteiger partial charge in [0.1, 0.15) is 0 Å². The summed E-state index contributed by atoms with van der Waals surface area (Å²) in [6.07, 6.45) is -0.280. The number of carbonyl (C=O) groups excluding carboxylic acids is 1. The quantitative estimate of drug-likeness (QED) is 0.588. The second kappa shape index (κ2) is 8.14. The lowest BCUT2D eigenvalue weighted by atomic mass is 9.98. The van der Waals surface area contributed by atoms with Crippen molar-refractivity contribution in [1.82, 2.24) is 15.1 Å². The van der Waals surface area contributed by atoms with Gasteiger partial charge >= 0.3 is 5.97 Å². The van der Waals surface area contributed by atoms with Crippen molar-refractivity contribution in [3.05, 3.63) is 76.4 Å². The topological polar surface area (TPSA) is 104 Å². The average Bonchev–Trinajstić information content (AvgIpc) is 3.03. The van der Waals surface area contributed by atoms with Crippen LogP contribution >= 0.6 is 11.6 Å². The summed E-state index contributed by atoms with van der Waals surface area (Å²) in [5, 5.41) is 26.6. The third-order valence-electron chi connectivity index (χ3n) is 4.22. The number of halogens is 1. The van der Waals surface area contributed by atoms with Gasteiger partial charge < -0.3 is 15.5 Å². The number of aryl methyl sites for hydroxylation is 1. The van der Waals surface area contributed by atoms with E-state index in [2.05, 4.69) is 10.4 Å². The van der Waals surface area contributed by atoms with Gasteiger partial charge in [-0.3, -0.25) is 9.59 Å². The van der Waals surface area contributed by atoms with Crippen LogP contribution in [0, 0.1) is 6.92 Å². The van der Waals surface area contributed by atoms with E-state index in [9.17, 15) is 19.8 Å². The Morgan fingerprint density at radius 1 is 1.18 bits per heavy atom. The van der Waals surface area contributed by atoms with Crippen LogP contribution in [0.3, 0.4) is 0 Å². The van der Waals surface area contributed by atoms with E-state index in [1.807, 2.05) is 19.1 Å². The fourth-order valence-electron chi connectivity index (χ4n) is 2.90. The molecular formula is C20H18ClN3O4. The predicted molar refractivity (Wildman–Crippen MR) is 104 cm³/mol. The van der Waals surface area contributed by atoms with Crippen molar-refractivity contribution in [2.24, 2.45) is 0 Å². The van der Waals surface area contributed by atoms with Crippen molar-refractivity contribution in [3.8, 4) is 11.6 Å². The zero-order valence-corrected chi connectivity index (χ0v) is 15.7. The van der Waals surface area contributed by atoms with Crippen LogP contribution in [-0.4, -0.2) is 31.9 Å². The number of carbonyl (C=O) groups is 2. The molecule has 28 heavy (non-hydrogen) atoms. The van der Waals surface area contributed by atoms with Gasteiger partial charge in [0.15, 0.2) is 5.69 Å². The number of carboxylic acids is 1. The van der Waals surface area contributed by atoms with Crippen LogP contribution in [0.5, 0.6) is 5.88 Å². The summed E-state index contributed by atoms with van der Waals surface area (Å²) in [6.45, 7) is 1.84. The Morgan fingerprint density at radius 3 is 2.61 bits per heavy atom. The van der Waals surface area contributed by atoms with Crippen molar-refractivity contribution < 1.29 is 19.8 Å². The Morgan fingerprint density at radius 2 is 1.93 bits per heavy atom. The first kappa shape index (κ1) is 19.4. The molecule has 0 fully saturated rings. The minimum Gasteiger partial charge on any atom is -0.493 e. The number of aromatic hydroxyl groups is 1. The van der Waals surface area contributed by atoms with Crippen LogP contribution in [0.4, 0.5) is 0 Å². The number of carboxylic acid groups (broad SMARTS) is 1. The molecule has 0 aliphatic heterocycles. The maximum atomic E-state index is 12.7. The van der Waals surface area contributed by atoms with Gasteiger partial charge in [0.2, 0.25) is 5.88 Å². The van der Waals surface area contributed by atoms with E-state index < -0.39 is 17.9 Å². The summed E-state index contributed by atoms with van der Waals surface area (Å²) in [5.41, 5.74) is 2.02. The van der Waals surface area contributed by atoms with Crippen molar-refractivity contribution in [2.45, 2.75) is 19.4 Å². The molecule has 1 heterocycles. The molecule has 3 N–H and O–H groups in total. The normalized spacial score (nSPS) is 11.8. The highest BCUT2D eigenvalue weighted by atomic mass is 35.5. The Hall–Kier alpha value is -3.32. The zero-order chi connectivity index (χ0) is 20.3. The summed E-state index contributed by atoms with van der Waals surface area (Å²) in [7, 11) is 0. The second-order valence-corrected chi connectivity index (χ2v) is 6.70. The van der Waals surface area contributed by atoms with Crippen LogP contribution in [0.15, 0.2) is 54.6 Å². The van der Waals surface area contributed by atoms with Crippen molar-refractivity contribution in [2.75, 3.05) is 0 Å². The van der Waals surface area contributed by atoms with Gasteiger partial charge in [-0.25, -0.2) is 4.68 Å². The molecule has 1 aromatic heterocycles. The number of aliphatic carboxylic acids is 1. The molecule has 3 rings (SSSR count). The number of hydrogen-bond acceptors (Lipinski definition) is 4. The van der Waals surface area contributed by atoms with E-state index in [4.69, 9.17) is 11.6 Å². The molecular weight excluding hydrogens is 382 g/mol. The van der Waals surface area contributed by atoms with E-state index in [0.29, 0.717) is 16.3 Å². The standard InChI is InChI=1S/C20H18ClN3O4/c1-12-5-2-3-8-15(12)16(11-19(26)27)22-20(28)17-10-18(25)24(23-17)14-7-4-6-13(21)9-14/h2-10,16,25H,11H2,1H3,(H,22,28)(H,26,27)/t16-/m0/s1. The molecule has 3 aromatic rings. The van der Waals surface area contributed by atoms with E-state index in [1.165, 1.54) is 10.7 Å². The van der Waals surface area contributed by atoms with Gasteiger partial charge in [0.25, 0.3) is 5.91 Å². The lowest BCUT2D eigenvalue weighted by Gasteiger charge is -2.18. The first-order valence-corrected chi connectivity index (χ1v) is 8.86. The molecule has 0 aliphatic carbocycles. The molecule has 144 valence electrons. The molecule has 2 aromatic carbocycles. The third kappa shape index (κ3) is 4.32. The molecule has 0 aliphatic rings. The number of aromatic nitrogens is 2. The van der Waals surface area contributed by atoms with Gasteiger partial charge in [-0.15, -0.1) is 0 Å². The summed E-state index contributed by atoms with van der Waals surface area (Å²) < 4.78 is 1.18. The number of hydrogen-bond donors (Lipinski definition) is 3. The van der Waals surface area contributed by atoms with Gasteiger partial charge in [-0.05, 0) is 36.2 Å². The molecule has 0 saturated carbocycles. The number of nitrogens with one attached hydrogen (secondary N) is 1. The van der Waals surface area contributed by atoms with Gasteiger partial charge in [0.05, 0.1) is 18.2 Å². The highest BCUT2D eigenvalue weighted by Crippen LogP contribution is 2.23. The summed E-state index contributed by atoms with van der Waals surface area (Å²) in [5.74, 6) is -1.87. The number of benzene rings is 2. The summed E-state index contributed by atoms with van der Waals surface area (Å²) in [4.78, 5) is 23.9. The predicted octanol–water partition coefficient (Wildman–Crippen LogP) is 3.49. The zero-order valence-electron chi connectivity index (χ0n) is 15.0. The molecule has 7 nitrogen and oxygen atoms in total. The molecule has 1 atom stereocenters.